The van der Waals surface area contributed by atoms with Gasteiger partial charge < -0.3 is 15.5 Å². The van der Waals surface area contributed by atoms with Crippen molar-refractivity contribution in [3.8, 4) is 0 Å². The van der Waals surface area contributed by atoms with Gasteiger partial charge in [-0.2, -0.15) is 0 Å². The zero-order valence-corrected chi connectivity index (χ0v) is 12.9. The van der Waals surface area contributed by atoms with Crippen LogP contribution in [0.15, 0.2) is 0 Å². The predicted molar refractivity (Wildman–Crippen MR) is 80.2 cm³/mol. The Morgan fingerprint density at radius 1 is 1.20 bits per heavy atom. The van der Waals surface area contributed by atoms with Crippen LogP contribution < -0.4 is 5.73 Å². The Kier molecular flexibility index (Phi) is 4.04. The summed E-state index contributed by atoms with van der Waals surface area (Å²) in [5.74, 6) is 1.63. The van der Waals surface area contributed by atoms with Crippen LogP contribution in [0.2, 0.25) is 0 Å². The molecule has 2 N–H and O–H groups in total. The molecule has 2 bridgehead atoms. The van der Waals surface area contributed by atoms with Crippen molar-refractivity contribution in [2.45, 2.75) is 51.1 Å². The minimum absolute atomic E-state index is 0.114. The molecule has 4 nitrogen and oxygen atoms in total. The fourth-order valence-electron chi connectivity index (χ4n) is 4.74. The second-order valence-corrected chi connectivity index (χ2v) is 7.05. The van der Waals surface area contributed by atoms with Gasteiger partial charge in [0.1, 0.15) is 0 Å². The highest BCUT2D eigenvalue weighted by atomic mass is 16.2. The third kappa shape index (κ3) is 2.37. The molecule has 3 rings (SSSR count). The molecule has 2 aliphatic carbocycles. The van der Waals surface area contributed by atoms with E-state index in [1.54, 1.807) is 0 Å². The molecule has 20 heavy (non-hydrogen) atoms. The van der Waals surface area contributed by atoms with Crippen LogP contribution in [0.25, 0.3) is 0 Å². The van der Waals surface area contributed by atoms with Gasteiger partial charge in [-0.05, 0) is 50.5 Å². The number of hydrogen-bond donors (Lipinski definition) is 1. The summed E-state index contributed by atoms with van der Waals surface area (Å²) in [6, 6.07) is 0.552. The van der Waals surface area contributed by atoms with Gasteiger partial charge in [0, 0.05) is 32.2 Å². The predicted octanol–water partition coefficient (Wildman–Crippen LogP) is 1.30. The zero-order chi connectivity index (χ0) is 14.3. The van der Waals surface area contributed by atoms with Crippen molar-refractivity contribution >= 4 is 5.91 Å². The summed E-state index contributed by atoms with van der Waals surface area (Å²) in [6.45, 7) is 5.59. The minimum atomic E-state index is 0.114. The number of nitrogens with two attached hydrogens (primary N) is 1. The van der Waals surface area contributed by atoms with Gasteiger partial charge in [-0.15, -0.1) is 0 Å². The standard InChI is InChI=1S/C16H29N3O/c1-3-19-8-6-13(7-9-19)18(2)16(20)14-11-4-5-12(10-11)15(14)17/h11-15H,3-10,17H2,1-2H3. The van der Waals surface area contributed by atoms with E-state index in [4.69, 9.17) is 5.73 Å². The van der Waals surface area contributed by atoms with Crippen molar-refractivity contribution < 1.29 is 4.79 Å². The molecule has 1 aliphatic heterocycles. The summed E-state index contributed by atoms with van der Waals surface area (Å²) in [4.78, 5) is 17.3. The van der Waals surface area contributed by atoms with Crippen LogP contribution in [-0.4, -0.2) is 54.5 Å². The normalized spacial score (nSPS) is 38.4. The summed E-state index contributed by atoms with van der Waals surface area (Å²) in [5, 5.41) is 0. The van der Waals surface area contributed by atoms with Gasteiger partial charge in [-0.25, -0.2) is 0 Å². The Morgan fingerprint density at radius 3 is 2.40 bits per heavy atom. The molecule has 4 atom stereocenters. The SMILES string of the molecule is CCN1CCC(N(C)C(=O)C2C3CCC(C3)C2N)CC1. The lowest BCUT2D eigenvalue weighted by molar-refractivity contribution is -0.139. The molecule has 0 aromatic carbocycles. The summed E-state index contributed by atoms with van der Waals surface area (Å²) >= 11 is 0. The molecule has 0 spiro atoms. The van der Waals surface area contributed by atoms with Crippen molar-refractivity contribution in [2.75, 3.05) is 26.7 Å². The van der Waals surface area contributed by atoms with Crippen molar-refractivity contribution in [2.24, 2.45) is 23.5 Å². The molecular weight excluding hydrogens is 250 g/mol. The van der Waals surface area contributed by atoms with Gasteiger partial charge in [0.2, 0.25) is 5.91 Å². The number of fused-ring (bicyclic) bond motifs is 2. The Morgan fingerprint density at radius 2 is 1.85 bits per heavy atom. The van der Waals surface area contributed by atoms with Gasteiger partial charge in [-0.1, -0.05) is 6.92 Å². The van der Waals surface area contributed by atoms with Crippen LogP contribution in [0.4, 0.5) is 0 Å². The molecule has 0 aromatic heterocycles. The third-order valence-corrected chi connectivity index (χ3v) is 6.17. The topological polar surface area (TPSA) is 49.6 Å². The first-order valence-corrected chi connectivity index (χ1v) is 8.36. The number of rotatable bonds is 3. The highest BCUT2D eigenvalue weighted by molar-refractivity contribution is 5.80. The van der Waals surface area contributed by atoms with E-state index in [1.807, 2.05) is 11.9 Å². The zero-order valence-electron chi connectivity index (χ0n) is 12.9. The van der Waals surface area contributed by atoms with Crippen molar-refractivity contribution in [3.63, 3.8) is 0 Å². The van der Waals surface area contributed by atoms with E-state index in [-0.39, 0.29) is 12.0 Å². The molecule has 3 fully saturated rings. The maximum Gasteiger partial charge on any atom is 0.227 e. The summed E-state index contributed by atoms with van der Waals surface area (Å²) in [7, 11) is 2.01. The molecule has 1 saturated heterocycles. The van der Waals surface area contributed by atoms with Gasteiger partial charge in [-0.3, -0.25) is 4.79 Å². The quantitative estimate of drug-likeness (QED) is 0.847. The molecule has 0 radical (unpaired) electrons. The van der Waals surface area contributed by atoms with Crippen molar-refractivity contribution in [1.82, 2.24) is 9.80 Å². The fraction of sp³-hybridized carbons (Fsp3) is 0.938. The lowest BCUT2D eigenvalue weighted by Crippen LogP contribution is -2.51. The van der Waals surface area contributed by atoms with Crippen LogP contribution in [0.3, 0.4) is 0 Å². The van der Waals surface area contributed by atoms with Crippen LogP contribution in [0, 0.1) is 17.8 Å². The molecule has 4 heteroatoms. The van der Waals surface area contributed by atoms with Gasteiger partial charge in [0.05, 0.1) is 5.92 Å². The summed E-state index contributed by atoms with van der Waals surface area (Å²) in [6.07, 6.45) is 5.89. The van der Waals surface area contributed by atoms with E-state index >= 15 is 0 Å². The number of hydrogen-bond acceptors (Lipinski definition) is 3. The van der Waals surface area contributed by atoms with Crippen LogP contribution in [0.5, 0.6) is 0 Å². The van der Waals surface area contributed by atoms with E-state index in [9.17, 15) is 4.79 Å². The third-order valence-electron chi connectivity index (χ3n) is 6.17. The molecule has 3 aliphatic rings. The van der Waals surface area contributed by atoms with Crippen LogP contribution in [0.1, 0.15) is 39.0 Å². The van der Waals surface area contributed by atoms with Crippen molar-refractivity contribution in [3.05, 3.63) is 0 Å². The Balaban J connectivity index is 1.60. The average molecular weight is 279 g/mol. The Labute approximate surface area is 122 Å². The van der Waals surface area contributed by atoms with Crippen molar-refractivity contribution in [1.29, 1.82) is 0 Å². The number of carbonyl (C=O) groups excluding carboxylic acids is 1. The van der Waals surface area contributed by atoms with E-state index < -0.39 is 0 Å². The summed E-state index contributed by atoms with van der Waals surface area (Å²) in [5.41, 5.74) is 6.32. The number of piperidine rings is 1. The Hall–Kier alpha value is -0.610. The van der Waals surface area contributed by atoms with E-state index in [2.05, 4.69) is 11.8 Å². The lowest BCUT2D eigenvalue weighted by Gasteiger charge is -2.39. The van der Waals surface area contributed by atoms with E-state index in [0.29, 0.717) is 23.8 Å². The average Bonchev–Trinajstić information content (AvgIpc) is 3.07. The number of carbonyl (C=O) groups is 1. The molecule has 4 unspecified atom stereocenters. The molecule has 1 heterocycles. The lowest BCUT2D eigenvalue weighted by atomic mass is 9.83. The second kappa shape index (κ2) is 5.64. The fourth-order valence-corrected chi connectivity index (χ4v) is 4.74. The first-order valence-electron chi connectivity index (χ1n) is 8.36. The maximum absolute atomic E-state index is 12.8. The molecule has 0 aromatic rings. The summed E-state index contributed by atoms with van der Waals surface area (Å²) < 4.78 is 0. The first-order chi connectivity index (χ1) is 9.61. The smallest absolute Gasteiger partial charge is 0.227 e. The highest BCUT2D eigenvalue weighted by Gasteiger charge is 2.50. The largest absolute Gasteiger partial charge is 0.342 e. The number of nitrogens with zero attached hydrogens (tertiary/aromatic N) is 2. The van der Waals surface area contributed by atoms with Gasteiger partial charge in [0.15, 0.2) is 0 Å². The van der Waals surface area contributed by atoms with Crippen LogP contribution in [-0.2, 0) is 4.79 Å². The molecule has 1 amide bonds. The number of likely N-dealkylation sites (tertiary alicyclic amines) is 1. The van der Waals surface area contributed by atoms with Gasteiger partial charge in [0.25, 0.3) is 0 Å². The van der Waals surface area contributed by atoms with Gasteiger partial charge >= 0.3 is 0 Å². The Bertz CT molecular complexity index is 363. The maximum atomic E-state index is 12.8. The van der Waals surface area contributed by atoms with E-state index in [0.717, 1.165) is 32.5 Å². The number of amides is 1. The first kappa shape index (κ1) is 14.3. The second-order valence-electron chi connectivity index (χ2n) is 7.05. The monoisotopic (exact) mass is 279 g/mol. The molecule has 2 saturated carbocycles. The molecular formula is C16H29N3O. The molecule has 114 valence electrons. The van der Waals surface area contributed by atoms with Crippen LogP contribution >= 0.6 is 0 Å². The highest BCUT2D eigenvalue weighted by Crippen LogP contribution is 2.48. The van der Waals surface area contributed by atoms with E-state index in [1.165, 1.54) is 19.3 Å². The minimum Gasteiger partial charge on any atom is -0.342 e.